The summed E-state index contributed by atoms with van der Waals surface area (Å²) in [5, 5.41) is 5.99. The third kappa shape index (κ3) is 3.40. The predicted molar refractivity (Wildman–Crippen MR) is 59.1 cm³/mol. The van der Waals surface area contributed by atoms with Gasteiger partial charge in [-0.05, 0) is 12.5 Å². The van der Waals surface area contributed by atoms with Gasteiger partial charge in [-0.1, -0.05) is 24.4 Å². The number of terminal acetylenes is 1. The molecule has 3 heteroatoms. The first-order valence-electron chi connectivity index (χ1n) is 4.18. The monoisotopic (exact) mass is 213 g/mol. The highest BCUT2D eigenvalue weighted by Gasteiger charge is 2.02. The van der Waals surface area contributed by atoms with Gasteiger partial charge in [0.1, 0.15) is 0 Å². The molecule has 1 N–H and O–H groups in total. The van der Waals surface area contributed by atoms with E-state index >= 15 is 0 Å². The van der Waals surface area contributed by atoms with Gasteiger partial charge < -0.3 is 0 Å². The lowest BCUT2D eigenvalue weighted by molar-refractivity contribution is 0.597. The van der Waals surface area contributed by atoms with Gasteiger partial charge in [0, 0.05) is 16.8 Å². The van der Waals surface area contributed by atoms with Crippen molar-refractivity contribution in [3.63, 3.8) is 0 Å². The fourth-order valence-electron chi connectivity index (χ4n) is 0.991. The number of halogens is 1. The van der Waals surface area contributed by atoms with Gasteiger partial charge in [0.05, 0.1) is 11.1 Å². The molecule has 1 atom stereocenters. The molecule has 0 saturated carbocycles. The van der Waals surface area contributed by atoms with Crippen molar-refractivity contribution >= 4 is 22.9 Å². The van der Waals surface area contributed by atoms with Gasteiger partial charge >= 0.3 is 0 Å². The van der Waals surface area contributed by atoms with E-state index in [1.807, 2.05) is 11.4 Å². The molecule has 0 aliphatic heterocycles. The zero-order valence-electron chi connectivity index (χ0n) is 7.51. The smallest absolute Gasteiger partial charge is 0.0687 e. The summed E-state index contributed by atoms with van der Waals surface area (Å²) in [4.78, 5) is 1.22. The highest BCUT2D eigenvalue weighted by molar-refractivity contribution is 7.10. The standard InChI is InChI=1S/C10H12ClNS/c1-3-9(4-2)12-6-10-5-8(11)7-13-10/h1,5,7,9,12H,4,6H2,2H3. The molecule has 0 radical (unpaired) electrons. The molecular formula is C10H12ClNS. The van der Waals surface area contributed by atoms with Crippen LogP contribution in [0.2, 0.25) is 5.02 Å². The molecule has 0 aliphatic rings. The quantitative estimate of drug-likeness (QED) is 0.759. The zero-order valence-corrected chi connectivity index (χ0v) is 9.08. The summed E-state index contributed by atoms with van der Waals surface area (Å²) in [6.45, 7) is 2.87. The average Bonchev–Trinajstić information content (AvgIpc) is 2.53. The molecule has 0 bridgehead atoms. The Hall–Kier alpha value is -0.490. The fourth-order valence-corrected chi connectivity index (χ4v) is 2.02. The second-order valence-electron chi connectivity index (χ2n) is 2.74. The zero-order chi connectivity index (χ0) is 9.68. The van der Waals surface area contributed by atoms with Crippen LogP contribution in [0.1, 0.15) is 18.2 Å². The van der Waals surface area contributed by atoms with Crippen LogP contribution in [0.25, 0.3) is 0 Å². The van der Waals surface area contributed by atoms with E-state index in [1.165, 1.54) is 4.88 Å². The van der Waals surface area contributed by atoms with Crippen LogP contribution in [-0.2, 0) is 6.54 Å². The molecule has 1 nitrogen and oxygen atoms in total. The normalized spacial score (nSPS) is 12.4. The van der Waals surface area contributed by atoms with E-state index in [0.29, 0.717) is 0 Å². The van der Waals surface area contributed by atoms with Crippen LogP contribution in [0.4, 0.5) is 0 Å². The van der Waals surface area contributed by atoms with Gasteiger partial charge in [0.2, 0.25) is 0 Å². The molecule has 1 aromatic heterocycles. The molecule has 0 saturated heterocycles. The lowest BCUT2D eigenvalue weighted by Gasteiger charge is -2.08. The Morgan fingerprint density at radius 1 is 1.77 bits per heavy atom. The van der Waals surface area contributed by atoms with E-state index in [4.69, 9.17) is 18.0 Å². The molecule has 0 aromatic carbocycles. The first-order valence-corrected chi connectivity index (χ1v) is 5.44. The van der Waals surface area contributed by atoms with Crippen LogP contribution in [0, 0.1) is 12.3 Å². The number of nitrogens with one attached hydrogen (secondary N) is 1. The van der Waals surface area contributed by atoms with Crippen LogP contribution in [0.15, 0.2) is 11.4 Å². The molecule has 13 heavy (non-hydrogen) atoms. The third-order valence-corrected chi connectivity index (χ3v) is 3.04. The van der Waals surface area contributed by atoms with E-state index in [0.717, 1.165) is 18.0 Å². The Kier molecular flexibility index (Phi) is 4.31. The summed E-state index contributed by atoms with van der Waals surface area (Å²) in [6, 6.07) is 2.13. The molecule has 1 aromatic rings. The number of hydrogen-bond donors (Lipinski definition) is 1. The number of hydrogen-bond acceptors (Lipinski definition) is 2. The van der Waals surface area contributed by atoms with Crippen molar-refractivity contribution in [3.05, 3.63) is 21.3 Å². The highest BCUT2D eigenvalue weighted by Crippen LogP contribution is 2.18. The van der Waals surface area contributed by atoms with Crippen LogP contribution in [0.5, 0.6) is 0 Å². The Morgan fingerprint density at radius 2 is 2.54 bits per heavy atom. The third-order valence-electron chi connectivity index (χ3n) is 1.75. The fraction of sp³-hybridized carbons (Fsp3) is 0.400. The van der Waals surface area contributed by atoms with Gasteiger partial charge in [-0.2, -0.15) is 0 Å². The minimum atomic E-state index is 0.167. The Balaban J connectivity index is 2.39. The molecule has 1 rings (SSSR count). The molecule has 0 amide bonds. The van der Waals surface area contributed by atoms with Crippen molar-refractivity contribution in [2.75, 3.05) is 0 Å². The molecule has 70 valence electrons. The van der Waals surface area contributed by atoms with Crippen molar-refractivity contribution in [2.24, 2.45) is 0 Å². The van der Waals surface area contributed by atoms with E-state index in [2.05, 4.69) is 18.2 Å². The SMILES string of the molecule is C#CC(CC)NCc1cc(Cl)cs1. The molecule has 0 aliphatic carbocycles. The van der Waals surface area contributed by atoms with Crippen LogP contribution in [-0.4, -0.2) is 6.04 Å². The number of thiophene rings is 1. The minimum absolute atomic E-state index is 0.167. The molecular weight excluding hydrogens is 202 g/mol. The van der Waals surface area contributed by atoms with E-state index in [1.54, 1.807) is 11.3 Å². The van der Waals surface area contributed by atoms with Crippen molar-refractivity contribution in [2.45, 2.75) is 25.9 Å². The van der Waals surface area contributed by atoms with Crippen LogP contribution >= 0.6 is 22.9 Å². The number of rotatable bonds is 4. The maximum absolute atomic E-state index is 5.79. The van der Waals surface area contributed by atoms with Gasteiger partial charge in [-0.3, -0.25) is 5.32 Å². The van der Waals surface area contributed by atoms with Crippen LogP contribution < -0.4 is 5.32 Å². The summed E-state index contributed by atoms with van der Waals surface area (Å²) in [5.74, 6) is 2.69. The second-order valence-corrected chi connectivity index (χ2v) is 4.17. The summed E-state index contributed by atoms with van der Waals surface area (Å²) >= 11 is 7.44. The first-order chi connectivity index (χ1) is 6.26. The molecule has 1 unspecified atom stereocenters. The van der Waals surface area contributed by atoms with Gasteiger partial charge in [-0.25, -0.2) is 0 Å². The lowest BCUT2D eigenvalue weighted by atomic mass is 10.2. The van der Waals surface area contributed by atoms with Gasteiger partial charge in [-0.15, -0.1) is 17.8 Å². The topological polar surface area (TPSA) is 12.0 Å². The summed E-state index contributed by atoms with van der Waals surface area (Å²) in [5.41, 5.74) is 0. The van der Waals surface area contributed by atoms with E-state index in [-0.39, 0.29) is 6.04 Å². The van der Waals surface area contributed by atoms with Crippen LogP contribution in [0.3, 0.4) is 0 Å². The Morgan fingerprint density at radius 3 is 3.00 bits per heavy atom. The summed E-state index contributed by atoms with van der Waals surface area (Å²) in [6.07, 6.45) is 6.27. The first kappa shape index (κ1) is 10.6. The maximum Gasteiger partial charge on any atom is 0.0687 e. The van der Waals surface area contributed by atoms with E-state index in [9.17, 15) is 0 Å². The van der Waals surface area contributed by atoms with Crippen molar-refractivity contribution in [1.82, 2.24) is 5.32 Å². The van der Waals surface area contributed by atoms with Crippen molar-refractivity contribution in [3.8, 4) is 12.3 Å². The molecule has 0 fully saturated rings. The Bertz CT molecular complexity index is 300. The van der Waals surface area contributed by atoms with Crippen molar-refractivity contribution in [1.29, 1.82) is 0 Å². The minimum Gasteiger partial charge on any atom is -0.299 e. The summed E-state index contributed by atoms with van der Waals surface area (Å²) in [7, 11) is 0. The van der Waals surface area contributed by atoms with Gasteiger partial charge in [0.25, 0.3) is 0 Å². The highest BCUT2D eigenvalue weighted by atomic mass is 35.5. The lowest BCUT2D eigenvalue weighted by Crippen LogP contribution is -2.25. The molecule has 1 heterocycles. The summed E-state index contributed by atoms with van der Waals surface area (Å²) < 4.78 is 0. The van der Waals surface area contributed by atoms with Crippen molar-refractivity contribution < 1.29 is 0 Å². The van der Waals surface area contributed by atoms with Gasteiger partial charge in [0.15, 0.2) is 0 Å². The maximum atomic E-state index is 5.79. The Labute approximate surface area is 88.1 Å². The molecule has 0 spiro atoms. The second kappa shape index (κ2) is 5.29. The average molecular weight is 214 g/mol. The largest absolute Gasteiger partial charge is 0.299 e. The van der Waals surface area contributed by atoms with E-state index < -0.39 is 0 Å². The predicted octanol–water partition coefficient (Wildman–Crippen LogP) is 2.90.